The Morgan fingerprint density at radius 1 is 1.41 bits per heavy atom. The molecule has 0 unspecified atom stereocenters. The van der Waals surface area contributed by atoms with Gasteiger partial charge in [-0.05, 0) is 60.3 Å². The van der Waals surface area contributed by atoms with Crippen LogP contribution in [0.2, 0.25) is 5.02 Å². The lowest BCUT2D eigenvalue weighted by atomic mass is 9.98. The van der Waals surface area contributed by atoms with E-state index in [0.29, 0.717) is 34.1 Å². The average molecular weight is 421 g/mol. The quantitative estimate of drug-likeness (QED) is 0.569. The van der Waals surface area contributed by atoms with Crippen molar-refractivity contribution < 1.29 is 4.74 Å². The molecule has 0 radical (unpaired) electrons. The van der Waals surface area contributed by atoms with Crippen molar-refractivity contribution in [2.75, 3.05) is 13.7 Å². The number of methoxy groups -OCH3 is 1. The Morgan fingerprint density at radius 3 is 3.04 bits per heavy atom. The third-order valence-electron chi connectivity index (χ3n) is 5.01. The zero-order chi connectivity index (χ0) is 19.0. The van der Waals surface area contributed by atoms with Gasteiger partial charge in [-0.1, -0.05) is 18.5 Å². The summed E-state index contributed by atoms with van der Waals surface area (Å²) in [6.45, 7) is 3.93. The highest BCUT2D eigenvalue weighted by molar-refractivity contribution is 7.71. The van der Waals surface area contributed by atoms with E-state index in [1.807, 2.05) is 28.2 Å². The molecule has 8 heteroatoms. The Bertz CT molecular complexity index is 1010. The summed E-state index contributed by atoms with van der Waals surface area (Å²) in [6, 6.07) is 8.15. The monoisotopic (exact) mass is 420 g/mol. The number of aromatic amines is 1. The molecule has 142 valence electrons. The minimum Gasteiger partial charge on any atom is -0.496 e. The molecule has 1 aliphatic rings. The Hall–Kier alpha value is -1.67. The van der Waals surface area contributed by atoms with Crippen molar-refractivity contribution in [2.45, 2.75) is 32.5 Å². The van der Waals surface area contributed by atoms with Crippen molar-refractivity contribution in [1.29, 1.82) is 0 Å². The van der Waals surface area contributed by atoms with Crippen LogP contribution in [-0.4, -0.2) is 33.3 Å². The first kappa shape index (κ1) is 18.7. The number of nitrogens with one attached hydrogen (secondary N) is 1. The lowest BCUT2D eigenvalue weighted by molar-refractivity contribution is 0.130. The molecule has 3 aromatic rings. The number of hydrogen-bond donors (Lipinski definition) is 1. The summed E-state index contributed by atoms with van der Waals surface area (Å²) in [5.41, 5.74) is 2.26. The molecule has 3 heterocycles. The zero-order valence-corrected chi connectivity index (χ0v) is 17.6. The van der Waals surface area contributed by atoms with Crippen molar-refractivity contribution in [3.8, 4) is 17.1 Å². The van der Waals surface area contributed by atoms with E-state index >= 15 is 0 Å². The average Bonchev–Trinajstić information content (AvgIpc) is 3.28. The number of hydrogen-bond acceptors (Lipinski definition) is 5. The molecular formula is C19H21ClN4OS2. The highest BCUT2D eigenvalue weighted by Crippen LogP contribution is 2.35. The van der Waals surface area contributed by atoms with Gasteiger partial charge in [0.15, 0.2) is 5.82 Å². The SMILES string of the molecule is CC[C@@H]1c2ccsc2CCN1Cn1[nH]c(-c2cc(Cl)ccc2OC)nc1=S. The highest BCUT2D eigenvalue weighted by atomic mass is 35.5. The van der Waals surface area contributed by atoms with E-state index in [4.69, 9.17) is 28.6 Å². The Morgan fingerprint density at radius 2 is 2.26 bits per heavy atom. The van der Waals surface area contributed by atoms with Crippen LogP contribution in [-0.2, 0) is 13.1 Å². The molecule has 0 aliphatic carbocycles. The maximum absolute atomic E-state index is 6.16. The van der Waals surface area contributed by atoms with E-state index in [2.05, 4.69) is 33.4 Å². The minimum absolute atomic E-state index is 0.411. The highest BCUT2D eigenvalue weighted by Gasteiger charge is 2.27. The van der Waals surface area contributed by atoms with Gasteiger partial charge in [0.1, 0.15) is 5.75 Å². The van der Waals surface area contributed by atoms with Crippen LogP contribution in [0.1, 0.15) is 29.8 Å². The van der Waals surface area contributed by atoms with Gasteiger partial charge >= 0.3 is 0 Å². The number of thiophene rings is 1. The molecule has 4 rings (SSSR count). The summed E-state index contributed by atoms with van der Waals surface area (Å²) in [5, 5.41) is 6.16. The maximum Gasteiger partial charge on any atom is 0.217 e. The Kier molecular flexibility index (Phi) is 5.36. The zero-order valence-electron chi connectivity index (χ0n) is 15.2. The number of rotatable bonds is 5. The molecule has 0 amide bonds. The number of aromatic nitrogens is 3. The third-order valence-corrected chi connectivity index (χ3v) is 6.55. The molecule has 0 saturated carbocycles. The van der Waals surface area contributed by atoms with Gasteiger partial charge < -0.3 is 4.74 Å². The number of nitrogens with zero attached hydrogens (tertiary/aromatic N) is 3. The van der Waals surface area contributed by atoms with E-state index < -0.39 is 0 Å². The number of fused-ring (bicyclic) bond motifs is 1. The van der Waals surface area contributed by atoms with Crippen LogP contribution in [0.15, 0.2) is 29.6 Å². The molecule has 2 aromatic heterocycles. The molecule has 1 aliphatic heterocycles. The topological polar surface area (TPSA) is 46.1 Å². The van der Waals surface area contributed by atoms with E-state index in [9.17, 15) is 0 Å². The van der Waals surface area contributed by atoms with Gasteiger partial charge in [-0.15, -0.1) is 11.3 Å². The van der Waals surface area contributed by atoms with Crippen molar-refractivity contribution in [2.24, 2.45) is 0 Å². The molecule has 0 bridgehead atoms. The van der Waals surface area contributed by atoms with Crippen LogP contribution < -0.4 is 4.74 Å². The first-order chi connectivity index (χ1) is 13.1. The maximum atomic E-state index is 6.16. The summed E-state index contributed by atoms with van der Waals surface area (Å²) < 4.78 is 7.89. The van der Waals surface area contributed by atoms with Gasteiger partial charge in [0.2, 0.25) is 4.77 Å². The van der Waals surface area contributed by atoms with Gasteiger partial charge in [-0.3, -0.25) is 10.00 Å². The van der Waals surface area contributed by atoms with Gasteiger partial charge in [-0.25, -0.2) is 4.68 Å². The fourth-order valence-electron chi connectivity index (χ4n) is 3.72. The second-order valence-electron chi connectivity index (χ2n) is 6.55. The molecule has 1 atom stereocenters. The van der Waals surface area contributed by atoms with Crippen LogP contribution in [0.25, 0.3) is 11.4 Å². The fraction of sp³-hybridized carbons (Fsp3) is 0.368. The third kappa shape index (κ3) is 3.57. The summed E-state index contributed by atoms with van der Waals surface area (Å²) in [5.74, 6) is 1.38. The second-order valence-corrected chi connectivity index (χ2v) is 8.36. The van der Waals surface area contributed by atoms with Crippen molar-refractivity contribution >= 4 is 35.2 Å². The summed E-state index contributed by atoms with van der Waals surface area (Å²) >= 11 is 13.5. The van der Waals surface area contributed by atoms with E-state index in [0.717, 1.165) is 24.9 Å². The van der Waals surface area contributed by atoms with Crippen LogP contribution >= 0.6 is 35.2 Å². The van der Waals surface area contributed by atoms with E-state index in [-0.39, 0.29) is 0 Å². The molecular weight excluding hydrogens is 400 g/mol. The Labute approximate surface area is 172 Å². The smallest absolute Gasteiger partial charge is 0.217 e. The lowest BCUT2D eigenvalue weighted by Crippen LogP contribution is -2.36. The molecule has 1 aromatic carbocycles. The number of halogens is 1. The van der Waals surface area contributed by atoms with Crippen molar-refractivity contribution in [3.63, 3.8) is 0 Å². The van der Waals surface area contributed by atoms with Crippen molar-refractivity contribution in [1.82, 2.24) is 19.7 Å². The number of benzene rings is 1. The van der Waals surface area contributed by atoms with Crippen LogP contribution in [0.4, 0.5) is 0 Å². The predicted molar refractivity (Wildman–Crippen MR) is 112 cm³/mol. The van der Waals surface area contributed by atoms with E-state index in [1.54, 1.807) is 13.2 Å². The van der Waals surface area contributed by atoms with Crippen LogP contribution in [0.3, 0.4) is 0 Å². The summed E-state index contributed by atoms with van der Waals surface area (Å²) in [6.07, 6.45) is 2.15. The lowest BCUT2D eigenvalue weighted by Gasteiger charge is -2.35. The summed E-state index contributed by atoms with van der Waals surface area (Å²) in [4.78, 5) is 8.51. The molecule has 1 N–H and O–H groups in total. The molecule has 0 spiro atoms. The summed E-state index contributed by atoms with van der Waals surface area (Å²) in [7, 11) is 1.64. The largest absolute Gasteiger partial charge is 0.496 e. The van der Waals surface area contributed by atoms with Gasteiger partial charge in [0.05, 0.1) is 19.3 Å². The van der Waals surface area contributed by atoms with E-state index in [1.165, 1.54) is 10.4 Å². The van der Waals surface area contributed by atoms with Gasteiger partial charge in [0.25, 0.3) is 0 Å². The fourth-order valence-corrected chi connectivity index (χ4v) is 5.01. The minimum atomic E-state index is 0.411. The molecule has 0 fully saturated rings. The predicted octanol–water partition coefficient (Wildman–Crippen LogP) is 5.30. The van der Waals surface area contributed by atoms with Crippen molar-refractivity contribution in [3.05, 3.63) is 49.9 Å². The molecule has 27 heavy (non-hydrogen) atoms. The normalized spacial score (nSPS) is 17.1. The molecule has 0 saturated heterocycles. The van der Waals surface area contributed by atoms with Gasteiger partial charge in [0, 0.05) is 22.5 Å². The number of ether oxygens (including phenoxy) is 1. The molecule has 5 nitrogen and oxygen atoms in total. The standard InChI is InChI=1S/C19H21ClN4OS2/c1-3-15-13-7-9-27-17(13)6-8-23(15)11-24-19(26)21-18(22-24)14-10-12(20)4-5-16(14)25-2/h4-5,7,9-10,15H,3,6,8,11H2,1-2H3,(H,21,22,26)/t15-/m1/s1. The van der Waals surface area contributed by atoms with Crippen LogP contribution in [0.5, 0.6) is 5.75 Å². The van der Waals surface area contributed by atoms with Crippen LogP contribution in [0, 0.1) is 4.77 Å². The first-order valence-corrected chi connectivity index (χ1v) is 10.6. The van der Waals surface area contributed by atoms with Gasteiger partial charge in [-0.2, -0.15) is 4.98 Å². The Balaban J connectivity index is 1.63. The second kappa shape index (κ2) is 7.75. The first-order valence-electron chi connectivity index (χ1n) is 8.91. The number of H-pyrrole nitrogens is 1.